The summed E-state index contributed by atoms with van der Waals surface area (Å²) in [5.41, 5.74) is 10.8. The molecule has 0 aliphatic rings. The SMILES string of the molecule is c1ccc(-c2ccc(-c3cc(-c4ccc5c(c4)sc4ccccc45)nc(-c4ccc(-n5c6ccccc6c6ccccc65)cc4)n3)cc2)cc1. The molecule has 0 N–H and O–H groups in total. The monoisotopic (exact) mass is 655 g/mol. The summed E-state index contributed by atoms with van der Waals surface area (Å²) < 4.78 is 4.89. The Morgan fingerprint density at radius 1 is 0.360 bits per heavy atom. The number of hydrogen-bond donors (Lipinski definition) is 0. The first-order chi connectivity index (χ1) is 24.8. The minimum absolute atomic E-state index is 0.704. The lowest BCUT2D eigenvalue weighted by atomic mass is 10.0. The minimum Gasteiger partial charge on any atom is -0.309 e. The predicted molar refractivity (Wildman–Crippen MR) is 211 cm³/mol. The van der Waals surface area contributed by atoms with E-state index in [0.29, 0.717) is 5.82 Å². The van der Waals surface area contributed by atoms with Crippen LogP contribution >= 0.6 is 11.3 Å². The van der Waals surface area contributed by atoms with Crippen molar-refractivity contribution >= 4 is 53.3 Å². The van der Waals surface area contributed by atoms with Crippen molar-refractivity contribution in [2.45, 2.75) is 0 Å². The normalized spacial score (nSPS) is 11.6. The Labute approximate surface area is 293 Å². The number of aromatic nitrogens is 3. The second-order valence-corrected chi connectivity index (χ2v) is 13.7. The summed E-state index contributed by atoms with van der Waals surface area (Å²) in [6.07, 6.45) is 0. The molecule has 234 valence electrons. The van der Waals surface area contributed by atoms with Crippen LogP contribution in [0, 0.1) is 0 Å². The molecule has 0 saturated carbocycles. The standard InChI is InChI=1S/C46H29N3S/c1-2-10-30(11-3-1)31-18-20-32(21-19-31)40-29-41(34-24-27-39-38-14-6-9-17-44(38)50-45(39)28-34)48-46(47-40)33-22-25-35(26-23-33)49-42-15-7-4-12-36(42)37-13-5-8-16-43(37)49/h1-29H. The molecule has 0 saturated heterocycles. The van der Waals surface area contributed by atoms with E-state index < -0.39 is 0 Å². The van der Waals surface area contributed by atoms with E-state index in [4.69, 9.17) is 9.97 Å². The van der Waals surface area contributed by atoms with Crippen LogP contribution in [-0.4, -0.2) is 14.5 Å². The van der Waals surface area contributed by atoms with Crippen LogP contribution in [0.25, 0.3) is 92.7 Å². The van der Waals surface area contributed by atoms with Gasteiger partial charge in [-0.15, -0.1) is 11.3 Å². The van der Waals surface area contributed by atoms with Crippen molar-refractivity contribution in [2.75, 3.05) is 0 Å². The number of para-hydroxylation sites is 2. The number of rotatable bonds is 5. The van der Waals surface area contributed by atoms with Crippen LogP contribution in [0.4, 0.5) is 0 Å². The fraction of sp³-hybridized carbons (Fsp3) is 0. The highest BCUT2D eigenvalue weighted by Crippen LogP contribution is 2.38. The molecule has 10 aromatic rings. The molecule has 0 bridgehead atoms. The van der Waals surface area contributed by atoms with Crippen LogP contribution in [0.3, 0.4) is 0 Å². The Balaban J connectivity index is 1.10. The Hall–Kier alpha value is -6.36. The van der Waals surface area contributed by atoms with Gasteiger partial charge in [-0.25, -0.2) is 9.97 Å². The summed E-state index contributed by atoms with van der Waals surface area (Å²) in [6.45, 7) is 0. The molecule has 0 fully saturated rings. The van der Waals surface area contributed by atoms with Gasteiger partial charge in [0.05, 0.1) is 22.4 Å². The Morgan fingerprint density at radius 3 is 1.60 bits per heavy atom. The van der Waals surface area contributed by atoms with Crippen LogP contribution in [0.2, 0.25) is 0 Å². The molecule has 0 radical (unpaired) electrons. The van der Waals surface area contributed by atoms with Gasteiger partial charge in [0.2, 0.25) is 0 Å². The molecule has 3 nitrogen and oxygen atoms in total. The third kappa shape index (κ3) is 4.80. The lowest BCUT2D eigenvalue weighted by Gasteiger charge is -2.12. The molecule has 0 unspecified atom stereocenters. The zero-order valence-electron chi connectivity index (χ0n) is 27.0. The largest absolute Gasteiger partial charge is 0.309 e. The van der Waals surface area contributed by atoms with Gasteiger partial charge in [-0.2, -0.15) is 0 Å². The minimum atomic E-state index is 0.704. The molecule has 10 rings (SSSR count). The molecule has 0 atom stereocenters. The summed E-state index contributed by atoms with van der Waals surface area (Å²) in [4.78, 5) is 10.4. The van der Waals surface area contributed by atoms with E-state index in [0.717, 1.165) is 33.8 Å². The van der Waals surface area contributed by atoms with Gasteiger partial charge in [-0.1, -0.05) is 121 Å². The van der Waals surface area contributed by atoms with Gasteiger partial charge in [-0.3, -0.25) is 0 Å². The van der Waals surface area contributed by atoms with Crippen molar-refractivity contribution < 1.29 is 0 Å². The fourth-order valence-electron chi connectivity index (χ4n) is 7.18. The van der Waals surface area contributed by atoms with E-state index in [9.17, 15) is 0 Å². The predicted octanol–water partition coefficient (Wildman–Crippen LogP) is 12.6. The van der Waals surface area contributed by atoms with Crippen LogP contribution in [0.5, 0.6) is 0 Å². The third-order valence-corrected chi connectivity index (χ3v) is 10.8. The smallest absolute Gasteiger partial charge is 0.160 e. The van der Waals surface area contributed by atoms with Gasteiger partial charge in [0, 0.05) is 53.3 Å². The van der Waals surface area contributed by atoms with Gasteiger partial charge >= 0.3 is 0 Å². The van der Waals surface area contributed by atoms with E-state index in [2.05, 4.69) is 174 Å². The summed E-state index contributed by atoms with van der Waals surface area (Å²) in [6, 6.07) is 62.5. The first-order valence-electron chi connectivity index (χ1n) is 16.8. The van der Waals surface area contributed by atoms with E-state index in [1.54, 1.807) is 0 Å². The van der Waals surface area contributed by atoms with Crippen LogP contribution in [-0.2, 0) is 0 Å². The molecular formula is C46H29N3S. The van der Waals surface area contributed by atoms with E-state index in [-0.39, 0.29) is 0 Å². The summed E-state index contributed by atoms with van der Waals surface area (Å²) in [5, 5.41) is 5.08. The average molecular weight is 656 g/mol. The van der Waals surface area contributed by atoms with E-state index in [1.807, 2.05) is 17.4 Å². The molecule has 4 heteroatoms. The van der Waals surface area contributed by atoms with Crippen molar-refractivity contribution in [2.24, 2.45) is 0 Å². The molecule has 50 heavy (non-hydrogen) atoms. The highest BCUT2D eigenvalue weighted by atomic mass is 32.1. The highest BCUT2D eigenvalue weighted by molar-refractivity contribution is 7.25. The van der Waals surface area contributed by atoms with Gasteiger partial charge in [-0.05, 0) is 65.7 Å². The van der Waals surface area contributed by atoms with Crippen molar-refractivity contribution in [1.82, 2.24) is 14.5 Å². The number of hydrogen-bond acceptors (Lipinski definition) is 3. The van der Waals surface area contributed by atoms with Gasteiger partial charge in [0.25, 0.3) is 0 Å². The summed E-state index contributed by atoms with van der Waals surface area (Å²) >= 11 is 1.83. The van der Waals surface area contributed by atoms with Crippen LogP contribution in [0.1, 0.15) is 0 Å². The molecule has 7 aromatic carbocycles. The molecular weight excluding hydrogens is 627 g/mol. The molecule has 0 aliphatic heterocycles. The van der Waals surface area contributed by atoms with Gasteiger partial charge < -0.3 is 4.57 Å². The average Bonchev–Trinajstić information content (AvgIpc) is 3.74. The lowest BCUT2D eigenvalue weighted by Crippen LogP contribution is -1.97. The van der Waals surface area contributed by atoms with Crippen molar-refractivity contribution in [3.8, 4) is 50.7 Å². The molecule has 3 heterocycles. The zero-order chi connectivity index (χ0) is 33.0. The maximum absolute atomic E-state index is 5.20. The summed E-state index contributed by atoms with van der Waals surface area (Å²) in [7, 11) is 0. The number of benzene rings is 7. The van der Waals surface area contributed by atoms with Gasteiger partial charge in [0.1, 0.15) is 0 Å². The molecule has 0 amide bonds. The second kappa shape index (κ2) is 11.7. The molecule has 3 aromatic heterocycles. The number of nitrogens with zero attached hydrogens (tertiary/aromatic N) is 3. The Morgan fingerprint density at radius 2 is 0.880 bits per heavy atom. The topological polar surface area (TPSA) is 30.7 Å². The van der Waals surface area contributed by atoms with Crippen LogP contribution in [0.15, 0.2) is 176 Å². The lowest BCUT2D eigenvalue weighted by molar-refractivity contribution is 1.16. The van der Waals surface area contributed by atoms with E-state index >= 15 is 0 Å². The second-order valence-electron chi connectivity index (χ2n) is 12.6. The Kier molecular flexibility index (Phi) is 6.68. The number of fused-ring (bicyclic) bond motifs is 6. The highest BCUT2D eigenvalue weighted by Gasteiger charge is 2.15. The molecule has 0 aliphatic carbocycles. The maximum Gasteiger partial charge on any atom is 0.160 e. The van der Waals surface area contributed by atoms with Crippen molar-refractivity contribution in [1.29, 1.82) is 0 Å². The van der Waals surface area contributed by atoms with E-state index in [1.165, 1.54) is 53.1 Å². The zero-order valence-corrected chi connectivity index (χ0v) is 27.8. The van der Waals surface area contributed by atoms with Crippen LogP contribution < -0.4 is 0 Å². The fourth-order valence-corrected chi connectivity index (χ4v) is 8.33. The maximum atomic E-state index is 5.20. The first-order valence-corrected chi connectivity index (χ1v) is 17.6. The first kappa shape index (κ1) is 28.6. The number of thiophene rings is 1. The Bertz CT molecular complexity index is 2790. The molecule has 0 spiro atoms. The third-order valence-electron chi connectivity index (χ3n) is 9.65. The van der Waals surface area contributed by atoms with Gasteiger partial charge in [0.15, 0.2) is 5.82 Å². The summed E-state index contributed by atoms with van der Waals surface area (Å²) in [5.74, 6) is 0.704. The quantitative estimate of drug-likeness (QED) is 0.185. The van der Waals surface area contributed by atoms with Crippen molar-refractivity contribution in [3.05, 3.63) is 176 Å². The van der Waals surface area contributed by atoms with Crippen molar-refractivity contribution in [3.63, 3.8) is 0 Å².